The summed E-state index contributed by atoms with van der Waals surface area (Å²) in [5.41, 5.74) is 6.73. The molecule has 0 amide bonds. The zero-order valence-electron chi connectivity index (χ0n) is 8.89. The highest BCUT2D eigenvalue weighted by atomic mass is 35.5. The molecule has 0 saturated carbocycles. The summed E-state index contributed by atoms with van der Waals surface area (Å²) in [7, 11) is 1.51. The molecule has 2 nitrogen and oxygen atoms in total. The van der Waals surface area contributed by atoms with E-state index < -0.39 is 0 Å². The predicted molar refractivity (Wildman–Crippen MR) is 59.6 cm³/mol. The maximum atomic E-state index is 13.6. The third-order valence-corrected chi connectivity index (χ3v) is 2.71. The minimum absolute atomic E-state index is 0.105. The summed E-state index contributed by atoms with van der Waals surface area (Å²) in [6, 6.07) is 3.22. The lowest BCUT2D eigenvalue weighted by atomic mass is 10.00. The molecule has 0 aromatic heterocycles. The van der Waals surface area contributed by atoms with Crippen molar-refractivity contribution in [3.05, 3.63) is 34.1 Å². The molecule has 0 saturated heterocycles. The van der Waals surface area contributed by atoms with E-state index in [2.05, 4.69) is 0 Å². The summed E-state index contributed by atoms with van der Waals surface area (Å²) in [5, 5.41) is 0.396. The third-order valence-electron chi connectivity index (χ3n) is 2.37. The quantitative estimate of drug-likeness (QED) is 0.865. The smallest absolute Gasteiger partial charge is 0.130 e. The lowest BCUT2D eigenvalue weighted by molar-refractivity contribution is 0.181. The predicted octanol–water partition coefficient (Wildman–Crippen LogP) is 2.69. The Morgan fingerprint density at radius 1 is 1.53 bits per heavy atom. The van der Waals surface area contributed by atoms with Crippen molar-refractivity contribution >= 4 is 11.6 Å². The van der Waals surface area contributed by atoms with E-state index in [0.717, 1.165) is 5.56 Å². The minimum atomic E-state index is -0.334. The molecule has 2 N–H and O–H groups in total. The second kappa shape index (κ2) is 5.45. The van der Waals surface area contributed by atoms with Crippen molar-refractivity contribution in [2.24, 2.45) is 5.73 Å². The van der Waals surface area contributed by atoms with Gasteiger partial charge in [-0.3, -0.25) is 0 Å². The van der Waals surface area contributed by atoms with Crippen LogP contribution in [-0.4, -0.2) is 13.7 Å². The van der Waals surface area contributed by atoms with E-state index >= 15 is 0 Å². The summed E-state index contributed by atoms with van der Waals surface area (Å²) >= 11 is 5.95. The Morgan fingerprint density at radius 3 is 2.67 bits per heavy atom. The van der Waals surface area contributed by atoms with Crippen LogP contribution < -0.4 is 5.73 Å². The van der Waals surface area contributed by atoms with Crippen molar-refractivity contribution in [3.63, 3.8) is 0 Å². The molecule has 0 bridgehead atoms. The van der Waals surface area contributed by atoms with Crippen molar-refractivity contribution in [2.75, 3.05) is 13.7 Å². The van der Waals surface area contributed by atoms with Crippen molar-refractivity contribution < 1.29 is 9.13 Å². The van der Waals surface area contributed by atoms with E-state index in [0.29, 0.717) is 17.1 Å². The molecular formula is C11H15ClFNO. The molecule has 0 aliphatic rings. The molecular weight excluding hydrogens is 217 g/mol. The Labute approximate surface area is 94.2 Å². The Bertz CT molecular complexity index is 320. The standard InChI is InChI=1S/C11H15ClFNO/c1-7(5-14)8-3-10(12)9(6-15-2)11(13)4-8/h3-4,7H,5-6,14H2,1-2H3. The van der Waals surface area contributed by atoms with E-state index in [9.17, 15) is 4.39 Å². The Balaban J connectivity index is 3.07. The van der Waals surface area contributed by atoms with E-state index in [1.54, 1.807) is 6.07 Å². The molecule has 1 rings (SSSR count). The van der Waals surface area contributed by atoms with Gasteiger partial charge in [0.25, 0.3) is 0 Å². The molecule has 1 unspecified atom stereocenters. The van der Waals surface area contributed by atoms with Gasteiger partial charge in [0, 0.05) is 17.7 Å². The molecule has 4 heteroatoms. The van der Waals surface area contributed by atoms with Gasteiger partial charge in [-0.05, 0) is 30.2 Å². The van der Waals surface area contributed by atoms with Gasteiger partial charge >= 0.3 is 0 Å². The minimum Gasteiger partial charge on any atom is -0.380 e. The van der Waals surface area contributed by atoms with Gasteiger partial charge in [-0.2, -0.15) is 0 Å². The number of benzene rings is 1. The van der Waals surface area contributed by atoms with E-state index in [-0.39, 0.29) is 18.3 Å². The highest BCUT2D eigenvalue weighted by molar-refractivity contribution is 6.31. The Hall–Kier alpha value is -0.640. The first-order valence-corrected chi connectivity index (χ1v) is 5.14. The summed E-state index contributed by atoms with van der Waals surface area (Å²) in [6.45, 7) is 2.59. The van der Waals surface area contributed by atoms with Gasteiger partial charge < -0.3 is 10.5 Å². The van der Waals surface area contributed by atoms with Crippen LogP contribution in [0.15, 0.2) is 12.1 Å². The van der Waals surface area contributed by atoms with E-state index in [4.69, 9.17) is 22.1 Å². The average Bonchev–Trinajstić information content (AvgIpc) is 2.22. The number of rotatable bonds is 4. The lowest BCUT2D eigenvalue weighted by Gasteiger charge is -2.12. The first kappa shape index (κ1) is 12.4. The van der Waals surface area contributed by atoms with Crippen molar-refractivity contribution in [1.82, 2.24) is 0 Å². The maximum Gasteiger partial charge on any atom is 0.130 e. The number of hydrogen-bond donors (Lipinski definition) is 1. The number of halogens is 2. The van der Waals surface area contributed by atoms with Crippen LogP contribution in [0.1, 0.15) is 24.0 Å². The van der Waals surface area contributed by atoms with Gasteiger partial charge in [0.2, 0.25) is 0 Å². The fourth-order valence-electron chi connectivity index (χ4n) is 1.33. The van der Waals surface area contributed by atoms with Gasteiger partial charge in [0.15, 0.2) is 0 Å². The number of methoxy groups -OCH3 is 1. The summed E-state index contributed by atoms with van der Waals surface area (Å²) in [6.07, 6.45) is 0. The summed E-state index contributed by atoms with van der Waals surface area (Å²) in [5.74, 6) is -0.228. The molecule has 1 aromatic carbocycles. The molecule has 15 heavy (non-hydrogen) atoms. The molecule has 84 valence electrons. The number of nitrogens with two attached hydrogens (primary N) is 1. The molecule has 1 atom stereocenters. The summed E-state index contributed by atoms with van der Waals surface area (Å²) < 4.78 is 18.5. The molecule has 0 aliphatic carbocycles. The van der Waals surface area contributed by atoms with Crippen LogP contribution in [-0.2, 0) is 11.3 Å². The fourth-order valence-corrected chi connectivity index (χ4v) is 1.60. The Morgan fingerprint density at radius 2 is 2.20 bits per heavy atom. The van der Waals surface area contributed by atoms with Crippen LogP contribution in [0.3, 0.4) is 0 Å². The fraction of sp³-hybridized carbons (Fsp3) is 0.455. The molecule has 0 radical (unpaired) electrons. The summed E-state index contributed by atoms with van der Waals surface area (Å²) in [4.78, 5) is 0. The third kappa shape index (κ3) is 2.91. The molecule has 0 aliphatic heterocycles. The van der Waals surface area contributed by atoms with Crippen LogP contribution in [0.25, 0.3) is 0 Å². The number of hydrogen-bond acceptors (Lipinski definition) is 2. The molecule has 0 heterocycles. The highest BCUT2D eigenvalue weighted by Crippen LogP contribution is 2.26. The Kier molecular flexibility index (Phi) is 4.51. The molecule has 0 fully saturated rings. The first-order chi connectivity index (χ1) is 7.10. The van der Waals surface area contributed by atoms with E-state index in [1.807, 2.05) is 6.92 Å². The van der Waals surface area contributed by atoms with E-state index in [1.165, 1.54) is 13.2 Å². The van der Waals surface area contributed by atoms with Crippen molar-refractivity contribution in [3.8, 4) is 0 Å². The highest BCUT2D eigenvalue weighted by Gasteiger charge is 2.12. The molecule has 0 spiro atoms. The number of ether oxygens (including phenoxy) is 1. The zero-order chi connectivity index (χ0) is 11.4. The monoisotopic (exact) mass is 231 g/mol. The SMILES string of the molecule is COCc1c(F)cc(C(C)CN)cc1Cl. The first-order valence-electron chi connectivity index (χ1n) is 4.77. The van der Waals surface area contributed by atoms with Crippen LogP contribution in [0.4, 0.5) is 4.39 Å². The van der Waals surface area contributed by atoms with Gasteiger partial charge in [0.1, 0.15) is 5.82 Å². The zero-order valence-corrected chi connectivity index (χ0v) is 9.64. The van der Waals surface area contributed by atoms with Crippen LogP contribution in [0, 0.1) is 5.82 Å². The largest absolute Gasteiger partial charge is 0.380 e. The topological polar surface area (TPSA) is 35.2 Å². The van der Waals surface area contributed by atoms with Crippen LogP contribution >= 0.6 is 11.6 Å². The lowest BCUT2D eigenvalue weighted by Crippen LogP contribution is -2.09. The van der Waals surface area contributed by atoms with Gasteiger partial charge in [-0.15, -0.1) is 0 Å². The second-order valence-corrected chi connectivity index (χ2v) is 3.94. The van der Waals surface area contributed by atoms with Gasteiger partial charge in [-0.25, -0.2) is 4.39 Å². The average molecular weight is 232 g/mol. The van der Waals surface area contributed by atoms with Crippen molar-refractivity contribution in [1.29, 1.82) is 0 Å². The van der Waals surface area contributed by atoms with Crippen LogP contribution in [0.5, 0.6) is 0 Å². The molecule has 1 aromatic rings. The van der Waals surface area contributed by atoms with Gasteiger partial charge in [-0.1, -0.05) is 18.5 Å². The van der Waals surface area contributed by atoms with Gasteiger partial charge in [0.05, 0.1) is 6.61 Å². The maximum absolute atomic E-state index is 13.6. The normalized spacial score (nSPS) is 12.9. The van der Waals surface area contributed by atoms with Crippen molar-refractivity contribution in [2.45, 2.75) is 19.4 Å². The van der Waals surface area contributed by atoms with Crippen LogP contribution in [0.2, 0.25) is 5.02 Å². The second-order valence-electron chi connectivity index (χ2n) is 3.53.